The number of aromatic nitrogens is 3. The van der Waals surface area contributed by atoms with Crippen LogP contribution in [0.5, 0.6) is 11.8 Å². The Morgan fingerprint density at radius 3 is 2.54 bits per heavy atom. The van der Waals surface area contributed by atoms with Crippen LogP contribution in [0.1, 0.15) is 16.8 Å². The van der Waals surface area contributed by atoms with Crippen molar-refractivity contribution in [3.05, 3.63) is 59.3 Å². The zero-order valence-electron chi connectivity index (χ0n) is 22.1. The minimum atomic E-state index is 0.264. The summed E-state index contributed by atoms with van der Waals surface area (Å²) in [6.07, 6.45) is 5.90. The molecule has 0 saturated carbocycles. The van der Waals surface area contributed by atoms with Crippen molar-refractivity contribution >= 4 is 22.7 Å². The summed E-state index contributed by atoms with van der Waals surface area (Å²) < 4.78 is 6.10. The molecule has 0 amide bonds. The summed E-state index contributed by atoms with van der Waals surface area (Å²) in [6.45, 7) is 11.4. The molecule has 1 N–H and O–H groups in total. The van der Waals surface area contributed by atoms with Crippen LogP contribution in [0.15, 0.2) is 47.5 Å². The van der Waals surface area contributed by atoms with E-state index >= 15 is 0 Å². The van der Waals surface area contributed by atoms with Gasteiger partial charge in [-0.15, -0.1) is 0 Å². The van der Waals surface area contributed by atoms with E-state index in [1.807, 2.05) is 63.6 Å². The Hall–Kier alpha value is -3.34. The molecule has 1 aromatic carbocycles. The molecule has 1 unspecified atom stereocenters. The van der Waals surface area contributed by atoms with Gasteiger partial charge in [0.05, 0.1) is 16.6 Å². The summed E-state index contributed by atoms with van der Waals surface area (Å²) in [7, 11) is 4.28. The molecule has 1 saturated heterocycles. The van der Waals surface area contributed by atoms with Crippen LogP contribution < -0.4 is 10.1 Å². The smallest absolute Gasteiger partial charge is 0.322 e. The van der Waals surface area contributed by atoms with Crippen LogP contribution >= 0.6 is 11.3 Å². The molecule has 0 bridgehead atoms. The zero-order chi connectivity index (χ0) is 25.9. The van der Waals surface area contributed by atoms with E-state index in [-0.39, 0.29) is 6.04 Å². The summed E-state index contributed by atoms with van der Waals surface area (Å²) >= 11 is 1.53. The first kappa shape index (κ1) is 25.3. The quantitative estimate of drug-likeness (QED) is 0.499. The molecule has 5 rings (SSSR count). The number of piperazine rings is 1. The number of thiazole rings is 1. The third-order valence-electron chi connectivity index (χ3n) is 6.70. The van der Waals surface area contributed by atoms with Gasteiger partial charge in [-0.2, -0.15) is 4.98 Å². The van der Waals surface area contributed by atoms with E-state index in [9.17, 15) is 0 Å². The van der Waals surface area contributed by atoms with Crippen LogP contribution in [0.25, 0.3) is 10.6 Å². The first-order valence-corrected chi connectivity index (χ1v) is 13.4. The molecule has 0 spiro atoms. The maximum atomic E-state index is 6.10. The fraction of sp³-hybridized carbons (Fsp3) is 0.407. The molecule has 3 aromatic rings. The molecule has 4 heterocycles. The monoisotopic (exact) mass is 518 g/mol. The summed E-state index contributed by atoms with van der Waals surface area (Å²) in [4.78, 5) is 26.4. The van der Waals surface area contributed by atoms with Gasteiger partial charge in [-0.25, -0.2) is 15.0 Å². The first-order chi connectivity index (χ1) is 17.8. The van der Waals surface area contributed by atoms with Gasteiger partial charge in [0.1, 0.15) is 11.6 Å². The number of ether oxygens (including phenoxy) is 1. The fourth-order valence-corrected chi connectivity index (χ4v) is 5.24. The maximum Gasteiger partial charge on any atom is 0.322 e. The number of likely N-dealkylation sites (N-methyl/N-ethyl adjacent to an activating group) is 2. The molecule has 9 nitrogen and oxygen atoms in total. The Labute approximate surface area is 222 Å². The van der Waals surface area contributed by atoms with Gasteiger partial charge in [-0.05, 0) is 45.0 Å². The molecule has 37 heavy (non-hydrogen) atoms. The number of benzene rings is 1. The summed E-state index contributed by atoms with van der Waals surface area (Å²) in [5.74, 6) is 1.57. The van der Waals surface area contributed by atoms with Crippen molar-refractivity contribution in [2.75, 3.05) is 52.1 Å². The lowest BCUT2D eigenvalue weighted by atomic mass is 10.1. The topological polar surface area (TPSA) is 82.0 Å². The van der Waals surface area contributed by atoms with Crippen molar-refractivity contribution < 1.29 is 4.74 Å². The van der Waals surface area contributed by atoms with E-state index in [1.165, 1.54) is 11.3 Å². The van der Waals surface area contributed by atoms with Gasteiger partial charge in [0, 0.05) is 64.1 Å². The molecular weight excluding hydrogens is 484 g/mol. The average Bonchev–Trinajstić information content (AvgIpc) is 3.33. The Bertz CT molecular complexity index is 1290. The third-order valence-corrected chi connectivity index (χ3v) is 7.64. The molecular formula is C27H34N8OS. The van der Waals surface area contributed by atoms with Crippen LogP contribution in [-0.2, 0) is 0 Å². The Balaban J connectivity index is 1.24. The van der Waals surface area contributed by atoms with Crippen molar-refractivity contribution in [1.29, 1.82) is 0 Å². The highest BCUT2D eigenvalue weighted by atomic mass is 32.1. The minimum absolute atomic E-state index is 0.264. The summed E-state index contributed by atoms with van der Waals surface area (Å²) in [5, 5.41) is 4.11. The number of anilines is 1. The second-order valence-corrected chi connectivity index (χ2v) is 10.8. The highest BCUT2D eigenvalue weighted by Gasteiger charge is 2.22. The predicted molar refractivity (Wildman–Crippen MR) is 150 cm³/mol. The minimum Gasteiger partial charge on any atom is -0.424 e. The highest BCUT2D eigenvalue weighted by Crippen LogP contribution is 2.32. The second-order valence-electron chi connectivity index (χ2n) is 9.78. The number of hydrogen-bond donors (Lipinski definition) is 1. The number of aryl methyl sites for hydroxylation is 3. The number of hydrogen-bond acceptors (Lipinski definition) is 10. The number of para-hydroxylation sites is 1. The number of aliphatic imine (C=N–C) groups is 1. The number of nitrogens with one attached hydrogen (secondary N) is 1. The summed E-state index contributed by atoms with van der Waals surface area (Å²) in [6, 6.07) is 8.61. The van der Waals surface area contributed by atoms with Crippen molar-refractivity contribution in [1.82, 2.24) is 29.7 Å². The second kappa shape index (κ2) is 11.0. The van der Waals surface area contributed by atoms with E-state index in [1.54, 1.807) is 0 Å². The molecule has 0 aliphatic carbocycles. The molecule has 0 radical (unpaired) electrons. The predicted octanol–water partition coefficient (Wildman–Crippen LogP) is 4.16. The maximum absolute atomic E-state index is 6.10. The van der Waals surface area contributed by atoms with Crippen molar-refractivity contribution in [3.63, 3.8) is 0 Å². The molecule has 1 atom stereocenters. The van der Waals surface area contributed by atoms with Crippen LogP contribution in [0.2, 0.25) is 0 Å². The van der Waals surface area contributed by atoms with E-state index < -0.39 is 0 Å². The lowest BCUT2D eigenvalue weighted by molar-refractivity contribution is 0.138. The van der Waals surface area contributed by atoms with Crippen LogP contribution in [0, 0.1) is 20.8 Å². The lowest BCUT2D eigenvalue weighted by Crippen LogP contribution is -2.50. The van der Waals surface area contributed by atoms with Gasteiger partial charge >= 0.3 is 6.01 Å². The first-order valence-electron chi connectivity index (χ1n) is 12.6. The standard InChI is InChI=1S/C27H34N8OS/c1-18-7-6-8-19(2)25(18)36-26-30-20(3)13-22(31-26)23-15-29-27(37-23)32-24-17-34(5)21(14-28-24)16-35-11-9-33(4)10-12-35/h6-8,13-15,17,21H,9-12,16H2,1-5H3,(H,29,32). The van der Waals surface area contributed by atoms with Gasteiger partial charge < -0.3 is 19.9 Å². The normalized spacial score (nSPS) is 18.7. The van der Waals surface area contributed by atoms with Gasteiger partial charge in [-0.3, -0.25) is 4.90 Å². The van der Waals surface area contributed by atoms with E-state index in [4.69, 9.17) is 4.74 Å². The largest absolute Gasteiger partial charge is 0.424 e. The molecule has 2 aliphatic rings. The molecule has 2 aliphatic heterocycles. The highest BCUT2D eigenvalue weighted by molar-refractivity contribution is 7.18. The molecule has 194 valence electrons. The average molecular weight is 519 g/mol. The molecule has 10 heteroatoms. The van der Waals surface area contributed by atoms with Gasteiger partial charge in [0.25, 0.3) is 0 Å². The van der Waals surface area contributed by atoms with Gasteiger partial charge in [0.15, 0.2) is 5.13 Å². The Kier molecular flexibility index (Phi) is 7.50. The molecule has 2 aromatic heterocycles. The van der Waals surface area contributed by atoms with Crippen molar-refractivity contribution in [3.8, 4) is 22.3 Å². The number of nitrogens with zero attached hydrogens (tertiary/aromatic N) is 7. The van der Waals surface area contributed by atoms with Crippen LogP contribution in [0.3, 0.4) is 0 Å². The fourth-order valence-electron chi connectivity index (χ4n) is 4.45. The summed E-state index contributed by atoms with van der Waals surface area (Å²) in [5.41, 5.74) is 3.72. The van der Waals surface area contributed by atoms with Crippen LogP contribution in [0.4, 0.5) is 5.13 Å². The van der Waals surface area contributed by atoms with Crippen molar-refractivity contribution in [2.24, 2.45) is 4.99 Å². The van der Waals surface area contributed by atoms with Crippen LogP contribution in [-0.4, -0.2) is 88.7 Å². The lowest BCUT2D eigenvalue weighted by Gasteiger charge is -2.36. The van der Waals surface area contributed by atoms with Crippen molar-refractivity contribution in [2.45, 2.75) is 26.8 Å². The third kappa shape index (κ3) is 6.15. The Morgan fingerprint density at radius 2 is 1.81 bits per heavy atom. The van der Waals surface area contributed by atoms with E-state index in [2.05, 4.69) is 54.1 Å². The van der Waals surface area contributed by atoms with E-state index in [0.29, 0.717) is 6.01 Å². The SMILES string of the molecule is Cc1cc(-c2cnc(NC3=CN(C)C(CN4CCN(C)CC4)C=N3)s2)nc(Oc2c(C)cccc2C)n1. The van der Waals surface area contributed by atoms with Gasteiger partial charge in [0.2, 0.25) is 0 Å². The van der Waals surface area contributed by atoms with E-state index in [0.717, 1.165) is 76.8 Å². The zero-order valence-corrected chi connectivity index (χ0v) is 22.9. The Morgan fingerprint density at radius 1 is 1.05 bits per heavy atom. The number of rotatable bonds is 7. The van der Waals surface area contributed by atoms with Gasteiger partial charge in [-0.1, -0.05) is 29.5 Å². The molecule has 1 fully saturated rings.